The van der Waals surface area contributed by atoms with Crippen molar-refractivity contribution in [2.75, 3.05) is 6.61 Å². The zero-order valence-electron chi connectivity index (χ0n) is 9.77. The molecule has 0 aliphatic heterocycles. The van der Waals surface area contributed by atoms with E-state index < -0.39 is 0 Å². The average molecular weight is 208 g/mol. The molecule has 0 N–H and O–H groups in total. The monoisotopic (exact) mass is 208 g/mol. The molecule has 1 aromatic rings. The van der Waals surface area contributed by atoms with Crippen LogP contribution < -0.4 is 0 Å². The van der Waals surface area contributed by atoms with Gasteiger partial charge in [-0.2, -0.15) is 0 Å². The molecule has 0 fully saturated rings. The SMILES string of the molecule is CCCOC(C)OC(C)c1ccccc1. The third-order valence-electron chi connectivity index (χ3n) is 2.22. The van der Waals surface area contributed by atoms with Crippen LogP contribution in [0.3, 0.4) is 0 Å². The number of hydrogen-bond donors (Lipinski definition) is 0. The fourth-order valence-electron chi connectivity index (χ4n) is 1.41. The van der Waals surface area contributed by atoms with E-state index in [1.807, 2.05) is 32.0 Å². The van der Waals surface area contributed by atoms with Crippen LogP contribution in [0.1, 0.15) is 38.9 Å². The molecule has 2 unspecified atom stereocenters. The summed E-state index contributed by atoms with van der Waals surface area (Å²) >= 11 is 0. The van der Waals surface area contributed by atoms with E-state index in [2.05, 4.69) is 19.1 Å². The minimum atomic E-state index is -0.139. The number of rotatable bonds is 6. The predicted octanol–water partition coefficient (Wildman–Crippen LogP) is 3.54. The summed E-state index contributed by atoms with van der Waals surface area (Å²) < 4.78 is 11.2. The van der Waals surface area contributed by atoms with Crippen LogP contribution in [0.25, 0.3) is 0 Å². The molecule has 1 aromatic carbocycles. The second-order valence-corrected chi connectivity index (χ2v) is 3.63. The van der Waals surface area contributed by atoms with E-state index in [0.29, 0.717) is 0 Å². The van der Waals surface area contributed by atoms with E-state index in [9.17, 15) is 0 Å². The summed E-state index contributed by atoms with van der Waals surface area (Å²) in [5, 5.41) is 0. The van der Waals surface area contributed by atoms with Crippen molar-refractivity contribution in [3.63, 3.8) is 0 Å². The predicted molar refractivity (Wildman–Crippen MR) is 61.6 cm³/mol. The molecule has 2 nitrogen and oxygen atoms in total. The van der Waals surface area contributed by atoms with Gasteiger partial charge in [0.1, 0.15) is 0 Å². The van der Waals surface area contributed by atoms with Crippen LogP contribution in [0.15, 0.2) is 30.3 Å². The Labute approximate surface area is 92.2 Å². The highest BCUT2D eigenvalue weighted by molar-refractivity contribution is 5.16. The lowest BCUT2D eigenvalue weighted by Gasteiger charge is -2.19. The molecule has 0 saturated carbocycles. The lowest BCUT2D eigenvalue weighted by atomic mass is 10.1. The quantitative estimate of drug-likeness (QED) is 0.666. The third kappa shape index (κ3) is 4.45. The van der Waals surface area contributed by atoms with Gasteiger partial charge in [0.2, 0.25) is 0 Å². The Bertz CT molecular complexity index is 258. The van der Waals surface area contributed by atoms with Crippen molar-refractivity contribution in [3.05, 3.63) is 35.9 Å². The molecule has 15 heavy (non-hydrogen) atoms. The van der Waals surface area contributed by atoms with Crippen LogP contribution in [0.2, 0.25) is 0 Å². The van der Waals surface area contributed by atoms with Crippen molar-refractivity contribution < 1.29 is 9.47 Å². The van der Waals surface area contributed by atoms with Gasteiger partial charge in [0, 0.05) is 6.61 Å². The van der Waals surface area contributed by atoms with Gasteiger partial charge in [-0.15, -0.1) is 0 Å². The maximum Gasteiger partial charge on any atom is 0.155 e. The summed E-state index contributed by atoms with van der Waals surface area (Å²) in [5.41, 5.74) is 1.18. The molecule has 2 atom stereocenters. The molecule has 0 aromatic heterocycles. The minimum absolute atomic E-state index is 0.0815. The van der Waals surface area contributed by atoms with E-state index in [1.165, 1.54) is 5.56 Å². The van der Waals surface area contributed by atoms with Crippen molar-refractivity contribution in [2.24, 2.45) is 0 Å². The van der Waals surface area contributed by atoms with Crippen molar-refractivity contribution in [3.8, 4) is 0 Å². The smallest absolute Gasteiger partial charge is 0.155 e. The van der Waals surface area contributed by atoms with Crippen molar-refractivity contribution in [1.29, 1.82) is 0 Å². The van der Waals surface area contributed by atoms with Gasteiger partial charge in [0.15, 0.2) is 6.29 Å². The Hall–Kier alpha value is -0.860. The maximum atomic E-state index is 5.72. The third-order valence-corrected chi connectivity index (χ3v) is 2.22. The van der Waals surface area contributed by atoms with Crippen LogP contribution in [0.5, 0.6) is 0 Å². The number of hydrogen-bond acceptors (Lipinski definition) is 2. The molecular formula is C13H20O2. The van der Waals surface area contributed by atoms with Crippen LogP contribution in [0, 0.1) is 0 Å². The Morgan fingerprint density at radius 1 is 1.13 bits per heavy atom. The molecule has 0 aliphatic rings. The molecular weight excluding hydrogens is 188 g/mol. The highest BCUT2D eigenvalue weighted by Crippen LogP contribution is 2.18. The fraction of sp³-hybridized carbons (Fsp3) is 0.538. The first-order valence-corrected chi connectivity index (χ1v) is 5.56. The van der Waals surface area contributed by atoms with Gasteiger partial charge in [-0.25, -0.2) is 0 Å². The molecule has 0 heterocycles. The van der Waals surface area contributed by atoms with E-state index in [1.54, 1.807) is 0 Å². The Morgan fingerprint density at radius 3 is 2.40 bits per heavy atom. The highest BCUT2D eigenvalue weighted by Gasteiger charge is 2.09. The molecule has 0 bridgehead atoms. The average Bonchev–Trinajstić information content (AvgIpc) is 2.27. The summed E-state index contributed by atoms with van der Waals surface area (Å²) in [7, 11) is 0. The Kier molecular flexibility index (Phi) is 5.37. The maximum absolute atomic E-state index is 5.72. The first-order valence-electron chi connectivity index (χ1n) is 5.56. The highest BCUT2D eigenvalue weighted by atomic mass is 16.7. The van der Waals surface area contributed by atoms with Crippen molar-refractivity contribution in [1.82, 2.24) is 0 Å². The first-order chi connectivity index (χ1) is 7.24. The van der Waals surface area contributed by atoms with Crippen LogP contribution in [0.4, 0.5) is 0 Å². The second-order valence-electron chi connectivity index (χ2n) is 3.63. The molecule has 0 radical (unpaired) electrons. The van der Waals surface area contributed by atoms with Crippen molar-refractivity contribution in [2.45, 2.75) is 39.6 Å². The normalized spacial score (nSPS) is 14.9. The van der Waals surface area contributed by atoms with Crippen LogP contribution in [-0.4, -0.2) is 12.9 Å². The molecule has 0 spiro atoms. The summed E-state index contributed by atoms with van der Waals surface area (Å²) in [6.07, 6.45) is 0.964. The summed E-state index contributed by atoms with van der Waals surface area (Å²) in [5.74, 6) is 0. The van der Waals surface area contributed by atoms with E-state index in [-0.39, 0.29) is 12.4 Å². The summed E-state index contributed by atoms with van der Waals surface area (Å²) in [4.78, 5) is 0. The lowest BCUT2D eigenvalue weighted by molar-refractivity contribution is -0.157. The molecule has 0 aliphatic carbocycles. The Morgan fingerprint density at radius 2 is 1.80 bits per heavy atom. The van der Waals surface area contributed by atoms with Gasteiger partial charge in [0.25, 0.3) is 0 Å². The van der Waals surface area contributed by atoms with Gasteiger partial charge >= 0.3 is 0 Å². The van der Waals surface area contributed by atoms with Gasteiger partial charge < -0.3 is 9.47 Å². The topological polar surface area (TPSA) is 18.5 Å². The summed E-state index contributed by atoms with van der Waals surface area (Å²) in [6, 6.07) is 10.2. The van der Waals surface area contributed by atoms with E-state index >= 15 is 0 Å². The zero-order valence-corrected chi connectivity index (χ0v) is 9.77. The first kappa shape index (κ1) is 12.2. The summed E-state index contributed by atoms with van der Waals surface area (Å²) in [6.45, 7) is 6.83. The molecule has 84 valence electrons. The lowest BCUT2D eigenvalue weighted by Crippen LogP contribution is -2.15. The molecule has 2 heteroatoms. The minimum Gasteiger partial charge on any atom is -0.353 e. The van der Waals surface area contributed by atoms with E-state index in [4.69, 9.17) is 9.47 Å². The van der Waals surface area contributed by atoms with E-state index in [0.717, 1.165) is 13.0 Å². The largest absolute Gasteiger partial charge is 0.353 e. The number of benzene rings is 1. The molecule has 0 amide bonds. The second kappa shape index (κ2) is 6.59. The van der Waals surface area contributed by atoms with Crippen LogP contribution >= 0.6 is 0 Å². The zero-order chi connectivity index (χ0) is 11.1. The fourth-order valence-corrected chi connectivity index (χ4v) is 1.41. The van der Waals surface area contributed by atoms with Crippen molar-refractivity contribution >= 4 is 0 Å². The van der Waals surface area contributed by atoms with Gasteiger partial charge in [-0.05, 0) is 25.8 Å². The standard InChI is InChI=1S/C13H20O2/c1-4-10-14-12(3)15-11(2)13-8-6-5-7-9-13/h5-9,11-12H,4,10H2,1-3H3. The Balaban J connectivity index is 2.38. The number of ether oxygens (including phenoxy) is 2. The van der Waals surface area contributed by atoms with Gasteiger partial charge in [-0.3, -0.25) is 0 Å². The van der Waals surface area contributed by atoms with Gasteiger partial charge in [-0.1, -0.05) is 37.3 Å². The molecule has 1 rings (SSSR count). The van der Waals surface area contributed by atoms with Gasteiger partial charge in [0.05, 0.1) is 6.10 Å². The van der Waals surface area contributed by atoms with Crippen LogP contribution in [-0.2, 0) is 9.47 Å². The molecule has 0 saturated heterocycles.